The van der Waals surface area contributed by atoms with E-state index in [0.717, 1.165) is 33.9 Å². The summed E-state index contributed by atoms with van der Waals surface area (Å²) in [6.45, 7) is 13.3. The van der Waals surface area contributed by atoms with Crippen LogP contribution in [-0.4, -0.2) is 15.0 Å². The molecule has 0 bridgehead atoms. The number of nitrogens with zero attached hydrogens (tertiary/aromatic N) is 3. The minimum absolute atomic E-state index is 0.0418. The summed E-state index contributed by atoms with van der Waals surface area (Å²) >= 11 is 0. The van der Waals surface area contributed by atoms with Crippen LogP contribution in [0.5, 0.6) is 0 Å². The van der Waals surface area contributed by atoms with Gasteiger partial charge in [-0.1, -0.05) is 71.9 Å². The van der Waals surface area contributed by atoms with Gasteiger partial charge in [0.05, 0.1) is 22.8 Å². The highest BCUT2D eigenvalue weighted by Crippen LogP contribution is 2.32. The molecule has 0 aliphatic heterocycles. The lowest BCUT2D eigenvalue weighted by Gasteiger charge is -2.20. The van der Waals surface area contributed by atoms with Crippen molar-refractivity contribution in [2.75, 3.05) is 0 Å². The van der Waals surface area contributed by atoms with Crippen LogP contribution in [-0.2, 0) is 10.8 Å². The van der Waals surface area contributed by atoms with E-state index >= 15 is 0 Å². The standard InChI is InChI=1S/C29H31N3/c1-28(2,3)22-12-14-30-24(18-22)26-16-21(20-10-8-7-9-11-20)17-27(32-26)25-19-23(13-15-31-25)29(4,5)6/h7-19H,1-6H3. The van der Waals surface area contributed by atoms with Crippen molar-refractivity contribution >= 4 is 0 Å². The van der Waals surface area contributed by atoms with Gasteiger partial charge < -0.3 is 0 Å². The highest BCUT2D eigenvalue weighted by molar-refractivity contribution is 5.75. The van der Waals surface area contributed by atoms with Gasteiger partial charge in [0.15, 0.2) is 0 Å². The van der Waals surface area contributed by atoms with Crippen molar-refractivity contribution in [1.82, 2.24) is 15.0 Å². The minimum Gasteiger partial charge on any atom is -0.255 e. The third-order valence-corrected chi connectivity index (χ3v) is 5.71. The van der Waals surface area contributed by atoms with Gasteiger partial charge in [-0.2, -0.15) is 0 Å². The zero-order valence-corrected chi connectivity index (χ0v) is 19.8. The topological polar surface area (TPSA) is 38.7 Å². The first-order valence-corrected chi connectivity index (χ1v) is 11.1. The van der Waals surface area contributed by atoms with E-state index in [2.05, 4.69) is 112 Å². The molecule has 0 atom stereocenters. The van der Waals surface area contributed by atoms with Crippen LogP contribution in [0, 0.1) is 0 Å². The molecule has 0 unspecified atom stereocenters. The summed E-state index contributed by atoms with van der Waals surface area (Å²) in [6.07, 6.45) is 3.76. The Morgan fingerprint density at radius 2 is 0.969 bits per heavy atom. The zero-order chi connectivity index (χ0) is 22.9. The number of rotatable bonds is 3. The van der Waals surface area contributed by atoms with Crippen LogP contribution >= 0.6 is 0 Å². The average molecular weight is 422 g/mol. The fraction of sp³-hybridized carbons (Fsp3) is 0.276. The summed E-state index contributed by atoms with van der Waals surface area (Å²) in [5, 5.41) is 0. The molecule has 0 N–H and O–H groups in total. The van der Waals surface area contributed by atoms with Gasteiger partial charge >= 0.3 is 0 Å². The second-order valence-corrected chi connectivity index (χ2v) is 10.4. The molecule has 0 spiro atoms. The molecule has 0 fully saturated rings. The van der Waals surface area contributed by atoms with E-state index in [-0.39, 0.29) is 10.8 Å². The highest BCUT2D eigenvalue weighted by Gasteiger charge is 2.18. The Hall–Kier alpha value is -3.33. The van der Waals surface area contributed by atoms with Crippen LogP contribution in [0.1, 0.15) is 52.7 Å². The van der Waals surface area contributed by atoms with E-state index in [4.69, 9.17) is 4.98 Å². The first-order chi connectivity index (χ1) is 15.1. The molecule has 0 saturated carbocycles. The molecule has 4 aromatic rings. The SMILES string of the molecule is CC(C)(C)c1ccnc(-c2cc(-c3ccccc3)cc(-c3cc(C(C)(C)C)ccn3)n2)c1. The number of hydrogen-bond donors (Lipinski definition) is 0. The smallest absolute Gasteiger partial charge is 0.0900 e. The predicted molar refractivity (Wildman–Crippen MR) is 134 cm³/mol. The van der Waals surface area contributed by atoms with E-state index < -0.39 is 0 Å². The lowest BCUT2D eigenvalue weighted by Crippen LogP contribution is -2.11. The van der Waals surface area contributed by atoms with Gasteiger partial charge in [-0.05, 0) is 69.5 Å². The van der Waals surface area contributed by atoms with Crippen LogP contribution < -0.4 is 0 Å². The van der Waals surface area contributed by atoms with Gasteiger partial charge in [0.1, 0.15) is 0 Å². The highest BCUT2D eigenvalue weighted by atomic mass is 14.8. The summed E-state index contributed by atoms with van der Waals surface area (Å²) in [5.74, 6) is 0. The molecule has 162 valence electrons. The van der Waals surface area contributed by atoms with Crippen molar-refractivity contribution in [2.45, 2.75) is 52.4 Å². The van der Waals surface area contributed by atoms with Crippen molar-refractivity contribution in [3.05, 3.63) is 90.3 Å². The molecule has 3 heteroatoms. The molecule has 3 aromatic heterocycles. The van der Waals surface area contributed by atoms with Gasteiger partial charge in [-0.25, -0.2) is 4.98 Å². The molecule has 0 aliphatic carbocycles. The summed E-state index contributed by atoms with van der Waals surface area (Å²) in [5.41, 5.74) is 8.29. The second-order valence-electron chi connectivity index (χ2n) is 10.4. The quantitative estimate of drug-likeness (QED) is 0.344. The maximum absolute atomic E-state index is 5.02. The number of pyridine rings is 3. The first kappa shape index (κ1) is 21.9. The van der Waals surface area contributed by atoms with Crippen molar-refractivity contribution in [3.63, 3.8) is 0 Å². The second kappa shape index (κ2) is 8.31. The first-order valence-electron chi connectivity index (χ1n) is 11.1. The molecule has 0 saturated heterocycles. The maximum atomic E-state index is 5.02. The third kappa shape index (κ3) is 4.77. The summed E-state index contributed by atoms with van der Waals surface area (Å²) in [7, 11) is 0. The van der Waals surface area contributed by atoms with Crippen LogP contribution in [0.2, 0.25) is 0 Å². The fourth-order valence-corrected chi connectivity index (χ4v) is 3.66. The molecule has 3 nitrogen and oxygen atoms in total. The monoisotopic (exact) mass is 421 g/mol. The molecular formula is C29H31N3. The predicted octanol–water partition coefficient (Wildman–Crippen LogP) is 7.47. The Morgan fingerprint density at radius 1 is 0.500 bits per heavy atom. The number of hydrogen-bond acceptors (Lipinski definition) is 3. The summed E-state index contributed by atoms with van der Waals surface area (Å²) in [4.78, 5) is 14.4. The van der Waals surface area contributed by atoms with E-state index in [0.29, 0.717) is 0 Å². The molecular weight excluding hydrogens is 390 g/mol. The Kier molecular flexibility index (Phi) is 5.68. The summed E-state index contributed by atoms with van der Waals surface area (Å²) in [6, 6.07) is 23.1. The Labute approximate surface area is 191 Å². The van der Waals surface area contributed by atoms with Gasteiger partial charge in [0.2, 0.25) is 0 Å². The van der Waals surface area contributed by atoms with Crippen LogP contribution in [0.4, 0.5) is 0 Å². The van der Waals surface area contributed by atoms with Crippen LogP contribution in [0.25, 0.3) is 33.9 Å². The van der Waals surface area contributed by atoms with Crippen molar-refractivity contribution in [3.8, 4) is 33.9 Å². The lowest BCUT2D eigenvalue weighted by molar-refractivity contribution is 0.589. The maximum Gasteiger partial charge on any atom is 0.0900 e. The van der Waals surface area contributed by atoms with Crippen molar-refractivity contribution < 1.29 is 0 Å². The number of aromatic nitrogens is 3. The van der Waals surface area contributed by atoms with Crippen LogP contribution in [0.3, 0.4) is 0 Å². The number of benzene rings is 1. The molecule has 3 heterocycles. The van der Waals surface area contributed by atoms with Gasteiger partial charge in [-0.3, -0.25) is 9.97 Å². The normalized spacial score (nSPS) is 12.1. The van der Waals surface area contributed by atoms with E-state index in [1.165, 1.54) is 11.1 Å². The largest absolute Gasteiger partial charge is 0.255 e. The Balaban J connectivity index is 1.91. The van der Waals surface area contributed by atoms with Crippen molar-refractivity contribution in [2.24, 2.45) is 0 Å². The molecule has 4 rings (SSSR count). The fourth-order valence-electron chi connectivity index (χ4n) is 3.66. The van der Waals surface area contributed by atoms with E-state index in [9.17, 15) is 0 Å². The van der Waals surface area contributed by atoms with E-state index in [1.807, 2.05) is 18.5 Å². The molecule has 1 aromatic carbocycles. The molecule has 32 heavy (non-hydrogen) atoms. The minimum atomic E-state index is 0.0418. The molecule has 0 radical (unpaired) electrons. The van der Waals surface area contributed by atoms with Crippen LogP contribution in [0.15, 0.2) is 79.1 Å². The third-order valence-electron chi connectivity index (χ3n) is 5.71. The van der Waals surface area contributed by atoms with E-state index in [1.54, 1.807) is 0 Å². The van der Waals surface area contributed by atoms with Gasteiger partial charge in [0.25, 0.3) is 0 Å². The summed E-state index contributed by atoms with van der Waals surface area (Å²) < 4.78 is 0. The Morgan fingerprint density at radius 3 is 1.41 bits per heavy atom. The lowest BCUT2D eigenvalue weighted by atomic mass is 9.87. The van der Waals surface area contributed by atoms with Crippen molar-refractivity contribution in [1.29, 1.82) is 0 Å². The average Bonchev–Trinajstić information content (AvgIpc) is 2.78. The molecule has 0 aliphatic rings. The molecule has 0 amide bonds. The van der Waals surface area contributed by atoms with Gasteiger partial charge in [-0.15, -0.1) is 0 Å². The zero-order valence-electron chi connectivity index (χ0n) is 19.8. The van der Waals surface area contributed by atoms with Gasteiger partial charge in [0, 0.05) is 12.4 Å². The Bertz CT molecular complexity index is 1150.